The zero-order chi connectivity index (χ0) is 13.9. The van der Waals surface area contributed by atoms with Crippen molar-refractivity contribution in [2.45, 2.75) is 52.0 Å². The second-order valence-electron chi connectivity index (χ2n) is 7.52. The summed E-state index contributed by atoms with van der Waals surface area (Å²) in [4.78, 5) is 9.02. The van der Waals surface area contributed by atoms with Gasteiger partial charge in [-0.15, -0.1) is 0 Å². The number of rotatable bonds is 2. The highest BCUT2D eigenvalue weighted by atomic mass is 14.9. The van der Waals surface area contributed by atoms with E-state index in [-0.39, 0.29) is 6.04 Å². The number of nitrogens with two attached hydrogens (primary N) is 1. The zero-order valence-electron chi connectivity index (χ0n) is 12.5. The minimum Gasteiger partial charge on any atom is -0.322 e. The van der Waals surface area contributed by atoms with E-state index in [9.17, 15) is 0 Å². The Balaban J connectivity index is 1.63. The molecule has 0 radical (unpaired) electrons. The average Bonchev–Trinajstić information content (AvgIpc) is 2.35. The maximum absolute atomic E-state index is 6.67. The molecule has 20 heavy (non-hydrogen) atoms. The largest absolute Gasteiger partial charge is 0.322 e. The molecule has 3 nitrogen and oxygen atoms in total. The molecular weight excluding hydrogens is 246 g/mol. The molecule has 3 heteroatoms. The van der Waals surface area contributed by atoms with E-state index in [0.29, 0.717) is 5.92 Å². The van der Waals surface area contributed by atoms with Crippen molar-refractivity contribution in [3.8, 4) is 0 Å². The predicted octanol–water partition coefficient (Wildman–Crippen LogP) is 3.17. The summed E-state index contributed by atoms with van der Waals surface area (Å²) < 4.78 is 0. The van der Waals surface area contributed by atoms with E-state index >= 15 is 0 Å². The summed E-state index contributed by atoms with van der Waals surface area (Å²) in [5, 5.41) is 0. The van der Waals surface area contributed by atoms with Crippen LogP contribution >= 0.6 is 0 Å². The number of nitrogens with zero attached hydrogens (tertiary/aromatic N) is 2. The van der Waals surface area contributed by atoms with Gasteiger partial charge >= 0.3 is 0 Å². The third kappa shape index (κ3) is 1.98. The van der Waals surface area contributed by atoms with Crippen molar-refractivity contribution in [3.05, 3.63) is 23.3 Å². The van der Waals surface area contributed by atoms with Crippen LogP contribution in [-0.2, 0) is 0 Å². The highest BCUT2D eigenvalue weighted by Gasteiger charge is 2.50. The Morgan fingerprint density at radius 1 is 1.00 bits per heavy atom. The summed E-state index contributed by atoms with van der Waals surface area (Å²) in [6.45, 7) is 4.02. The van der Waals surface area contributed by atoms with Gasteiger partial charge in [0.1, 0.15) is 5.82 Å². The fourth-order valence-corrected chi connectivity index (χ4v) is 5.67. The van der Waals surface area contributed by atoms with Gasteiger partial charge in [-0.25, -0.2) is 9.97 Å². The van der Waals surface area contributed by atoms with Crippen molar-refractivity contribution in [1.82, 2.24) is 9.97 Å². The standard InChI is InChI=1S/C17H25N3/c1-9-3-15(20-10(2)19-9)17(18)16-13-5-11-4-12(7-13)8-14(16)6-11/h3,11-14,16-17H,4-8,18H2,1-2H3. The van der Waals surface area contributed by atoms with E-state index in [1.165, 1.54) is 32.1 Å². The van der Waals surface area contributed by atoms with E-state index in [1.54, 1.807) is 0 Å². The number of aryl methyl sites for hydroxylation is 2. The predicted molar refractivity (Wildman–Crippen MR) is 79.0 cm³/mol. The Hall–Kier alpha value is -0.960. The van der Waals surface area contributed by atoms with Gasteiger partial charge in [-0.3, -0.25) is 0 Å². The molecule has 1 aromatic rings. The van der Waals surface area contributed by atoms with Gasteiger partial charge in [-0.1, -0.05) is 0 Å². The maximum atomic E-state index is 6.67. The van der Waals surface area contributed by atoms with Crippen LogP contribution in [0.2, 0.25) is 0 Å². The Morgan fingerprint density at radius 3 is 2.15 bits per heavy atom. The fourth-order valence-electron chi connectivity index (χ4n) is 5.67. The molecule has 4 aliphatic carbocycles. The molecule has 0 aromatic carbocycles. The Bertz CT molecular complexity index is 477. The maximum Gasteiger partial charge on any atom is 0.125 e. The van der Waals surface area contributed by atoms with Gasteiger partial charge in [0, 0.05) is 5.69 Å². The van der Waals surface area contributed by atoms with Gasteiger partial charge < -0.3 is 5.73 Å². The summed E-state index contributed by atoms with van der Waals surface area (Å²) in [6.07, 6.45) is 7.20. The van der Waals surface area contributed by atoms with Crippen LogP contribution in [0, 0.1) is 43.4 Å². The molecule has 4 fully saturated rings. The second kappa shape index (κ2) is 4.52. The van der Waals surface area contributed by atoms with Crippen molar-refractivity contribution in [3.63, 3.8) is 0 Å². The molecule has 5 rings (SSSR count). The summed E-state index contributed by atoms with van der Waals surface area (Å²) >= 11 is 0. The van der Waals surface area contributed by atoms with Crippen LogP contribution in [0.1, 0.15) is 55.4 Å². The topological polar surface area (TPSA) is 51.8 Å². The van der Waals surface area contributed by atoms with Crippen molar-refractivity contribution in [2.75, 3.05) is 0 Å². The summed E-state index contributed by atoms with van der Waals surface area (Å²) in [5.41, 5.74) is 8.79. The first-order valence-corrected chi connectivity index (χ1v) is 8.18. The fraction of sp³-hybridized carbons (Fsp3) is 0.765. The minimum atomic E-state index is 0.116. The first-order valence-electron chi connectivity index (χ1n) is 8.18. The van der Waals surface area contributed by atoms with Crippen molar-refractivity contribution in [1.29, 1.82) is 0 Å². The molecule has 1 unspecified atom stereocenters. The molecule has 0 aliphatic heterocycles. The monoisotopic (exact) mass is 271 g/mol. The lowest BCUT2D eigenvalue weighted by Crippen LogP contribution is -2.48. The van der Waals surface area contributed by atoms with Gasteiger partial charge in [0.15, 0.2) is 0 Å². The van der Waals surface area contributed by atoms with Gasteiger partial charge in [0.05, 0.1) is 11.7 Å². The van der Waals surface area contributed by atoms with Crippen LogP contribution in [0.4, 0.5) is 0 Å². The zero-order valence-corrected chi connectivity index (χ0v) is 12.5. The number of hydrogen-bond donors (Lipinski definition) is 1. The Labute approximate surface area is 121 Å². The summed E-state index contributed by atoms with van der Waals surface area (Å²) in [5.74, 6) is 5.26. The molecule has 0 spiro atoms. The highest BCUT2D eigenvalue weighted by Crippen LogP contribution is 2.58. The van der Waals surface area contributed by atoms with Crippen LogP contribution in [0.5, 0.6) is 0 Å². The number of aromatic nitrogens is 2. The smallest absolute Gasteiger partial charge is 0.125 e. The second-order valence-corrected chi connectivity index (χ2v) is 7.52. The molecule has 4 bridgehead atoms. The lowest BCUT2D eigenvalue weighted by molar-refractivity contribution is -0.0477. The van der Waals surface area contributed by atoms with Gasteiger partial charge in [0.25, 0.3) is 0 Å². The van der Waals surface area contributed by atoms with Crippen LogP contribution in [-0.4, -0.2) is 9.97 Å². The molecule has 108 valence electrons. The van der Waals surface area contributed by atoms with Crippen molar-refractivity contribution >= 4 is 0 Å². The van der Waals surface area contributed by atoms with Crippen LogP contribution < -0.4 is 5.73 Å². The Kier molecular flexibility index (Phi) is 2.88. The highest BCUT2D eigenvalue weighted by molar-refractivity contribution is 5.16. The molecule has 1 heterocycles. The molecular formula is C17H25N3. The van der Waals surface area contributed by atoms with E-state index in [2.05, 4.69) is 16.0 Å². The molecule has 4 saturated carbocycles. The van der Waals surface area contributed by atoms with Crippen molar-refractivity contribution < 1.29 is 0 Å². The molecule has 0 amide bonds. The quantitative estimate of drug-likeness (QED) is 0.899. The molecule has 0 saturated heterocycles. The van der Waals surface area contributed by atoms with Crippen LogP contribution in [0.3, 0.4) is 0 Å². The third-order valence-electron chi connectivity index (χ3n) is 6.04. The first-order chi connectivity index (χ1) is 9.60. The lowest BCUT2D eigenvalue weighted by atomic mass is 9.50. The van der Waals surface area contributed by atoms with Crippen molar-refractivity contribution in [2.24, 2.45) is 35.3 Å². The molecule has 1 atom stereocenters. The van der Waals surface area contributed by atoms with Crippen LogP contribution in [0.15, 0.2) is 6.07 Å². The van der Waals surface area contributed by atoms with Crippen LogP contribution in [0.25, 0.3) is 0 Å². The molecule has 2 N–H and O–H groups in total. The van der Waals surface area contributed by atoms with Gasteiger partial charge in [-0.2, -0.15) is 0 Å². The third-order valence-corrected chi connectivity index (χ3v) is 6.04. The summed E-state index contributed by atoms with van der Waals surface area (Å²) in [6, 6.07) is 2.22. The minimum absolute atomic E-state index is 0.116. The normalized spacial score (nSPS) is 40.0. The van der Waals surface area contributed by atoms with E-state index in [0.717, 1.165) is 40.9 Å². The first kappa shape index (κ1) is 12.8. The average molecular weight is 271 g/mol. The lowest BCUT2D eigenvalue weighted by Gasteiger charge is -2.55. The SMILES string of the molecule is Cc1cc(C(N)C2C3CC4CC(C3)CC2C4)nc(C)n1. The van der Waals surface area contributed by atoms with E-state index in [4.69, 9.17) is 5.73 Å². The van der Waals surface area contributed by atoms with Gasteiger partial charge in [-0.05, 0) is 81.6 Å². The van der Waals surface area contributed by atoms with E-state index < -0.39 is 0 Å². The molecule has 4 aliphatic rings. The van der Waals surface area contributed by atoms with E-state index in [1.807, 2.05) is 13.8 Å². The summed E-state index contributed by atoms with van der Waals surface area (Å²) in [7, 11) is 0. The molecule has 1 aromatic heterocycles. The number of hydrogen-bond acceptors (Lipinski definition) is 3. The van der Waals surface area contributed by atoms with Gasteiger partial charge in [0.2, 0.25) is 0 Å². The Morgan fingerprint density at radius 2 is 1.60 bits per heavy atom.